The lowest BCUT2D eigenvalue weighted by Gasteiger charge is -2.18. The van der Waals surface area contributed by atoms with Gasteiger partial charge in [-0.3, -0.25) is 9.80 Å². The Hall–Kier alpha value is -2.99. The lowest BCUT2D eigenvalue weighted by molar-refractivity contribution is 0.238. The number of nitrogens with zero attached hydrogens (tertiary/aromatic N) is 3. The summed E-state index contributed by atoms with van der Waals surface area (Å²) in [5.41, 5.74) is 5.68. The Bertz CT molecular complexity index is 1400. The second-order valence-electron chi connectivity index (χ2n) is 10.8. The van der Waals surface area contributed by atoms with Crippen molar-refractivity contribution in [3.8, 4) is 22.8 Å². The normalized spacial score (nSPS) is 16.4. The highest BCUT2D eigenvalue weighted by molar-refractivity contribution is 6.38. The van der Waals surface area contributed by atoms with E-state index >= 15 is 0 Å². The molecule has 0 bridgehead atoms. The smallest absolute Gasteiger partial charge is 0.123 e. The predicted octanol–water partition coefficient (Wildman–Crippen LogP) is 7.09. The summed E-state index contributed by atoms with van der Waals surface area (Å²) in [6.07, 6.45) is 5.19. The van der Waals surface area contributed by atoms with Crippen molar-refractivity contribution >= 4 is 22.5 Å². The molecule has 1 aromatic heterocycles. The Morgan fingerprint density at radius 1 is 0.795 bits per heavy atom. The minimum atomic E-state index is 0.705. The van der Waals surface area contributed by atoms with Gasteiger partial charge in [-0.15, -0.1) is 0 Å². The molecule has 2 saturated heterocycles. The van der Waals surface area contributed by atoms with Crippen LogP contribution in [0.5, 0.6) is 11.5 Å². The van der Waals surface area contributed by atoms with Crippen molar-refractivity contribution in [2.45, 2.75) is 38.8 Å². The van der Waals surface area contributed by atoms with E-state index in [4.69, 9.17) is 21.1 Å². The Balaban J connectivity index is 1.26. The molecule has 4 aromatic rings. The molecule has 0 aliphatic carbocycles. The number of rotatable bonds is 10. The minimum Gasteiger partial charge on any atom is -0.496 e. The molecule has 2 aliphatic rings. The Labute approximate surface area is 236 Å². The summed E-state index contributed by atoms with van der Waals surface area (Å²) >= 11 is 7.05. The first kappa shape index (κ1) is 26.2. The van der Waals surface area contributed by atoms with Crippen LogP contribution in [0.15, 0.2) is 66.7 Å². The van der Waals surface area contributed by atoms with Crippen LogP contribution in [0.25, 0.3) is 22.2 Å². The largest absolute Gasteiger partial charge is 0.496 e. The van der Waals surface area contributed by atoms with Gasteiger partial charge in [0.05, 0.1) is 23.3 Å². The van der Waals surface area contributed by atoms with Crippen LogP contribution < -0.4 is 9.47 Å². The summed E-state index contributed by atoms with van der Waals surface area (Å²) in [7, 11) is 1.77. The first-order valence-electron chi connectivity index (χ1n) is 14.3. The van der Waals surface area contributed by atoms with Crippen molar-refractivity contribution in [1.82, 2.24) is 14.4 Å². The highest BCUT2D eigenvalue weighted by Gasteiger charge is 2.19. The third-order valence-electron chi connectivity index (χ3n) is 8.20. The molecule has 0 radical (unpaired) electrons. The summed E-state index contributed by atoms with van der Waals surface area (Å²) in [5, 5.41) is 1.85. The fourth-order valence-electron chi connectivity index (χ4n) is 6.10. The van der Waals surface area contributed by atoms with Gasteiger partial charge in [0.25, 0.3) is 0 Å². The molecule has 3 aromatic carbocycles. The summed E-state index contributed by atoms with van der Waals surface area (Å²) < 4.78 is 14.2. The van der Waals surface area contributed by atoms with E-state index in [1.165, 1.54) is 63.0 Å². The van der Waals surface area contributed by atoms with E-state index < -0.39 is 0 Å². The van der Waals surface area contributed by atoms with E-state index in [-0.39, 0.29) is 0 Å². The van der Waals surface area contributed by atoms with Gasteiger partial charge in [0, 0.05) is 30.6 Å². The highest BCUT2D eigenvalue weighted by atomic mass is 35.5. The summed E-state index contributed by atoms with van der Waals surface area (Å²) in [6, 6.07) is 23.4. The molecule has 0 atom stereocenters. The quantitative estimate of drug-likeness (QED) is 0.213. The molecule has 204 valence electrons. The van der Waals surface area contributed by atoms with Gasteiger partial charge in [-0.1, -0.05) is 41.9 Å². The zero-order chi connectivity index (χ0) is 26.6. The topological polar surface area (TPSA) is 29.9 Å². The predicted molar refractivity (Wildman–Crippen MR) is 160 cm³/mol. The molecule has 2 aliphatic heterocycles. The van der Waals surface area contributed by atoms with Gasteiger partial charge in [0.2, 0.25) is 0 Å². The molecular weight excluding hydrogens is 506 g/mol. The van der Waals surface area contributed by atoms with E-state index in [0.29, 0.717) is 6.54 Å². The highest BCUT2D eigenvalue weighted by Crippen LogP contribution is 2.39. The molecule has 0 saturated carbocycles. The third-order valence-corrected chi connectivity index (χ3v) is 8.58. The van der Waals surface area contributed by atoms with Gasteiger partial charge < -0.3 is 14.0 Å². The van der Waals surface area contributed by atoms with Crippen LogP contribution in [0.2, 0.25) is 5.02 Å². The monoisotopic (exact) mass is 543 g/mol. The van der Waals surface area contributed by atoms with Crippen LogP contribution in [-0.2, 0) is 13.1 Å². The molecular formula is C33H38ClN3O2. The van der Waals surface area contributed by atoms with E-state index in [1.807, 2.05) is 0 Å². The summed E-state index contributed by atoms with van der Waals surface area (Å²) in [6.45, 7) is 8.08. The van der Waals surface area contributed by atoms with Crippen molar-refractivity contribution in [3.05, 3.63) is 82.9 Å². The summed E-state index contributed by atoms with van der Waals surface area (Å²) in [5.74, 6) is 1.86. The molecule has 0 amide bonds. The standard InChI is InChI=1S/C33H38ClN3O2/c1-38-31-22-25(10-11-27(31)24-36-18-6-7-19-36)23-37-30-9-3-2-8-29(30)32(34)33(37)26-12-14-28(15-13-26)39-21-20-35-16-4-5-17-35/h2-3,8-15,22H,4-7,16-21,23-24H2,1H3. The van der Waals surface area contributed by atoms with Crippen molar-refractivity contribution in [1.29, 1.82) is 0 Å². The van der Waals surface area contributed by atoms with Gasteiger partial charge in [0.1, 0.15) is 18.1 Å². The molecule has 39 heavy (non-hydrogen) atoms. The number of ether oxygens (including phenoxy) is 2. The van der Waals surface area contributed by atoms with Gasteiger partial charge in [-0.25, -0.2) is 0 Å². The number of benzene rings is 3. The van der Waals surface area contributed by atoms with Crippen molar-refractivity contribution < 1.29 is 9.47 Å². The van der Waals surface area contributed by atoms with Crippen molar-refractivity contribution in [2.24, 2.45) is 0 Å². The van der Waals surface area contributed by atoms with E-state index in [9.17, 15) is 0 Å². The van der Waals surface area contributed by atoms with Gasteiger partial charge in [-0.2, -0.15) is 0 Å². The summed E-state index contributed by atoms with van der Waals surface area (Å²) in [4.78, 5) is 4.98. The third kappa shape index (κ3) is 5.81. The first-order valence-corrected chi connectivity index (χ1v) is 14.7. The number of hydrogen-bond acceptors (Lipinski definition) is 4. The number of aromatic nitrogens is 1. The van der Waals surface area contributed by atoms with Crippen molar-refractivity contribution in [2.75, 3.05) is 46.4 Å². The number of halogens is 1. The van der Waals surface area contributed by atoms with Crippen LogP contribution in [0.3, 0.4) is 0 Å². The molecule has 6 heteroatoms. The number of para-hydroxylation sites is 1. The maximum Gasteiger partial charge on any atom is 0.123 e. The van der Waals surface area contributed by atoms with E-state index in [2.05, 4.69) is 81.1 Å². The van der Waals surface area contributed by atoms with Crippen LogP contribution in [0, 0.1) is 0 Å². The molecule has 5 nitrogen and oxygen atoms in total. The zero-order valence-electron chi connectivity index (χ0n) is 22.9. The molecule has 0 unspecified atom stereocenters. The van der Waals surface area contributed by atoms with Crippen LogP contribution in [0.4, 0.5) is 0 Å². The second-order valence-corrected chi connectivity index (χ2v) is 11.2. The minimum absolute atomic E-state index is 0.705. The van der Waals surface area contributed by atoms with Crippen LogP contribution >= 0.6 is 11.6 Å². The number of hydrogen-bond donors (Lipinski definition) is 0. The van der Waals surface area contributed by atoms with Crippen molar-refractivity contribution in [3.63, 3.8) is 0 Å². The molecule has 0 N–H and O–H groups in total. The molecule has 0 spiro atoms. The van der Waals surface area contributed by atoms with Gasteiger partial charge in [-0.05, 0) is 99.4 Å². The SMILES string of the molecule is COc1cc(Cn2c(-c3ccc(OCCN4CCCC4)cc3)c(Cl)c3ccccc32)ccc1CN1CCCC1. The lowest BCUT2D eigenvalue weighted by Crippen LogP contribution is -2.25. The fourth-order valence-corrected chi connectivity index (χ4v) is 6.47. The second kappa shape index (κ2) is 12.0. The number of fused-ring (bicyclic) bond motifs is 1. The average molecular weight is 544 g/mol. The average Bonchev–Trinajstić information content (AvgIpc) is 3.73. The Kier molecular flexibility index (Phi) is 8.10. The maximum atomic E-state index is 7.05. The van der Waals surface area contributed by atoms with E-state index in [1.54, 1.807) is 7.11 Å². The molecule has 2 fully saturated rings. The van der Waals surface area contributed by atoms with Gasteiger partial charge in [0.15, 0.2) is 0 Å². The van der Waals surface area contributed by atoms with E-state index in [0.717, 1.165) is 58.4 Å². The lowest BCUT2D eigenvalue weighted by atomic mass is 10.1. The zero-order valence-corrected chi connectivity index (χ0v) is 23.6. The fraction of sp³-hybridized carbons (Fsp3) is 0.394. The Morgan fingerprint density at radius 2 is 1.51 bits per heavy atom. The number of likely N-dealkylation sites (tertiary alicyclic amines) is 2. The van der Waals surface area contributed by atoms with Gasteiger partial charge >= 0.3 is 0 Å². The first-order chi connectivity index (χ1) is 19.2. The molecule has 3 heterocycles. The van der Waals surface area contributed by atoms with Crippen LogP contribution in [0.1, 0.15) is 36.8 Å². The molecule has 6 rings (SSSR count). The van der Waals surface area contributed by atoms with Crippen LogP contribution in [-0.4, -0.2) is 60.8 Å². The Morgan fingerprint density at radius 3 is 2.26 bits per heavy atom. The maximum absolute atomic E-state index is 7.05. The number of methoxy groups -OCH3 is 1.